The van der Waals surface area contributed by atoms with Crippen LogP contribution in [0, 0.1) is 51.9 Å². The van der Waals surface area contributed by atoms with Gasteiger partial charge in [0.1, 0.15) is 0 Å². The summed E-state index contributed by atoms with van der Waals surface area (Å²) < 4.78 is 56.1. The molecule has 1 aromatic carbocycles. The maximum absolute atomic E-state index is 14.1. The van der Waals surface area contributed by atoms with Crippen molar-refractivity contribution < 1.29 is 32.1 Å². The minimum absolute atomic E-state index is 0.288. The number of thioether (sulfide) groups is 1. The highest BCUT2D eigenvalue weighted by Gasteiger charge is 2.62. The summed E-state index contributed by atoms with van der Waals surface area (Å²) in [5.41, 5.74) is -1.03. The average molecular weight is 429 g/mol. The number of carbonyl (C=O) groups is 1. The molecule has 0 unspecified atom stereocenters. The monoisotopic (exact) mass is 429 g/mol. The Morgan fingerprint density at radius 3 is 2.28 bits per heavy atom. The van der Waals surface area contributed by atoms with Crippen molar-refractivity contribution in [1.29, 1.82) is 5.26 Å². The van der Waals surface area contributed by atoms with Crippen molar-refractivity contribution in [3.05, 3.63) is 52.6 Å². The quantitative estimate of drug-likeness (QED) is 0.148. The summed E-state index contributed by atoms with van der Waals surface area (Å²) in [7, 11) is 0. The number of carbonyl (C=O) groups excluding carboxylic acids is 1. The van der Waals surface area contributed by atoms with Crippen molar-refractivity contribution >= 4 is 17.7 Å². The Morgan fingerprint density at radius 1 is 1.21 bits per heavy atom. The van der Waals surface area contributed by atoms with Crippen LogP contribution in [0.5, 0.6) is 5.75 Å². The largest absolute Gasteiger partial charge is 0.359 e. The molecule has 1 aliphatic carbocycles. The van der Waals surface area contributed by atoms with Crippen LogP contribution in [0.4, 0.5) is 17.6 Å². The van der Waals surface area contributed by atoms with Gasteiger partial charge in [0.05, 0.1) is 12.0 Å². The minimum Gasteiger partial charge on any atom is -0.280 e. The van der Waals surface area contributed by atoms with Crippen LogP contribution >= 0.6 is 11.8 Å². The fourth-order valence-corrected chi connectivity index (χ4v) is 3.62. The number of hydrogen-bond donors (Lipinski definition) is 0. The highest BCUT2D eigenvalue weighted by Crippen LogP contribution is 2.59. The average Bonchev–Trinajstić information content (AvgIpc) is 3.22. The lowest BCUT2D eigenvalue weighted by molar-refractivity contribution is -0.218. The zero-order chi connectivity index (χ0) is 21.9. The Morgan fingerprint density at radius 2 is 1.79 bits per heavy atom. The van der Waals surface area contributed by atoms with E-state index in [9.17, 15) is 22.4 Å². The van der Waals surface area contributed by atoms with Crippen LogP contribution in [0.1, 0.15) is 26.3 Å². The SMILES string of the molecule is C/C=C/C(C#N)=C/[C@@H]1[C@@H](C(=O)OOc2c(F)c(F)c(CSC)c(F)c2F)C1(C)C. The normalized spacial score (nSPS) is 20.4. The number of nitrogens with zero attached hydrogens (tertiary/aromatic N) is 1. The van der Waals surface area contributed by atoms with Gasteiger partial charge in [0, 0.05) is 16.9 Å². The smallest absolute Gasteiger partial charge is 0.280 e. The van der Waals surface area contributed by atoms with Gasteiger partial charge in [0.2, 0.25) is 11.6 Å². The van der Waals surface area contributed by atoms with Crippen molar-refractivity contribution in [3.8, 4) is 11.8 Å². The number of hydrogen-bond acceptors (Lipinski definition) is 5. The third-order valence-electron chi connectivity index (χ3n) is 4.81. The van der Waals surface area contributed by atoms with Crippen LogP contribution in [0.15, 0.2) is 23.8 Å². The van der Waals surface area contributed by atoms with Gasteiger partial charge in [-0.15, -0.1) is 0 Å². The van der Waals surface area contributed by atoms with Gasteiger partial charge in [-0.05, 0) is 30.6 Å². The van der Waals surface area contributed by atoms with E-state index in [1.807, 2.05) is 6.07 Å². The lowest BCUT2D eigenvalue weighted by Gasteiger charge is -2.11. The summed E-state index contributed by atoms with van der Waals surface area (Å²) in [6.45, 7) is 5.21. The highest BCUT2D eigenvalue weighted by molar-refractivity contribution is 7.97. The van der Waals surface area contributed by atoms with E-state index in [2.05, 4.69) is 9.78 Å². The Labute approximate surface area is 170 Å². The maximum Gasteiger partial charge on any atom is 0.359 e. The molecule has 0 saturated heterocycles. The van der Waals surface area contributed by atoms with Gasteiger partial charge >= 0.3 is 5.97 Å². The third kappa shape index (κ3) is 4.42. The molecule has 0 aromatic heterocycles. The van der Waals surface area contributed by atoms with Crippen LogP contribution < -0.4 is 4.89 Å². The van der Waals surface area contributed by atoms with Crippen LogP contribution in [-0.2, 0) is 15.4 Å². The van der Waals surface area contributed by atoms with Gasteiger partial charge in [0.15, 0.2) is 11.6 Å². The number of benzene rings is 1. The molecule has 0 bridgehead atoms. The molecule has 1 aromatic rings. The first kappa shape index (κ1) is 22.8. The summed E-state index contributed by atoms with van der Waals surface area (Å²) in [6.07, 6.45) is 6.33. The zero-order valence-corrected chi connectivity index (χ0v) is 17.0. The standard InChI is InChI=1S/C20H19F4NO3S/c1-5-6-10(8-25)7-12-13(20(12,2)3)19(26)28-27-18-16(23)14(21)11(9-29-4)15(22)17(18)24/h5-7,12-13H,9H2,1-4H3/b6-5+,10-7-/t12-,13+/m1/s1. The first-order valence-corrected chi connectivity index (χ1v) is 9.97. The second-order valence-electron chi connectivity index (χ2n) is 7.04. The highest BCUT2D eigenvalue weighted by atomic mass is 32.2. The zero-order valence-electron chi connectivity index (χ0n) is 16.2. The van der Waals surface area contributed by atoms with Gasteiger partial charge < -0.3 is 0 Å². The van der Waals surface area contributed by atoms with E-state index in [1.165, 1.54) is 6.26 Å². The van der Waals surface area contributed by atoms with Crippen molar-refractivity contribution in [3.63, 3.8) is 0 Å². The fourth-order valence-electron chi connectivity index (χ4n) is 3.08. The van der Waals surface area contributed by atoms with Crippen molar-refractivity contribution in [2.75, 3.05) is 6.26 Å². The molecule has 1 saturated carbocycles. The molecule has 0 amide bonds. The predicted molar refractivity (Wildman–Crippen MR) is 99.5 cm³/mol. The lowest BCUT2D eigenvalue weighted by atomic mass is 10.1. The third-order valence-corrected chi connectivity index (χ3v) is 5.39. The Bertz CT molecular complexity index is 892. The molecule has 1 aliphatic rings. The molecule has 29 heavy (non-hydrogen) atoms. The van der Waals surface area contributed by atoms with E-state index >= 15 is 0 Å². The van der Waals surface area contributed by atoms with Gasteiger partial charge in [-0.25, -0.2) is 18.5 Å². The fraction of sp³-hybridized carbons (Fsp3) is 0.400. The van der Waals surface area contributed by atoms with Crippen LogP contribution in [-0.4, -0.2) is 12.2 Å². The number of allylic oxidation sites excluding steroid dienone is 4. The van der Waals surface area contributed by atoms with Crippen LogP contribution in [0.3, 0.4) is 0 Å². The summed E-state index contributed by atoms with van der Waals surface area (Å²) in [6, 6.07) is 1.98. The second-order valence-corrected chi connectivity index (χ2v) is 7.91. The molecular formula is C20H19F4NO3S. The number of halogens is 4. The van der Waals surface area contributed by atoms with Crippen molar-refractivity contribution in [1.82, 2.24) is 0 Å². The van der Waals surface area contributed by atoms with Crippen LogP contribution in [0.25, 0.3) is 0 Å². The minimum atomic E-state index is -1.79. The molecule has 156 valence electrons. The van der Waals surface area contributed by atoms with E-state index in [0.29, 0.717) is 5.57 Å². The van der Waals surface area contributed by atoms with E-state index in [1.54, 1.807) is 39.0 Å². The summed E-state index contributed by atoms with van der Waals surface area (Å²) in [5, 5.41) is 9.09. The van der Waals surface area contributed by atoms with E-state index < -0.39 is 51.9 Å². The van der Waals surface area contributed by atoms with Gasteiger partial charge in [0.25, 0.3) is 5.75 Å². The topological polar surface area (TPSA) is 59.3 Å². The Hall–Kier alpha value is -2.47. The van der Waals surface area contributed by atoms with Gasteiger partial charge in [-0.3, -0.25) is 4.89 Å². The molecule has 0 aliphatic heterocycles. The van der Waals surface area contributed by atoms with Gasteiger partial charge in [-0.1, -0.05) is 26.0 Å². The molecule has 4 nitrogen and oxygen atoms in total. The Kier molecular flexibility index (Phi) is 7.01. The summed E-state index contributed by atoms with van der Waals surface area (Å²) in [4.78, 5) is 21.1. The Balaban J connectivity index is 2.19. The van der Waals surface area contributed by atoms with Crippen LogP contribution in [0.2, 0.25) is 0 Å². The molecule has 0 spiro atoms. The lowest BCUT2D eigenvalue weighted by Crippen LogP contribution is -2.16. The number of rotatable bonds is 7. The van der Waals surface area contributed by atoms with E-state index in [0.717, 1.165) is 11.8 Å². The molecule has 0 heterocycles. The number of nitriles is 1. The summed E-state index contributed by atoms with van der Waals surface area (Å²) in [5.74, 6) is -10.6. The van der Waals surface area contributed by atoms with Gasteiger partial charge in [-0.2, -0.15) is 25.8 Å². The summed E-state index contributed by atoms with van der Waals surface area (Å²) >= 11 is 0.974. The van der Waals surface area contributed by atoms with E-state index in [4.69, 9.17) is 5.26 Å². The molecule has 0 N–H and O–H groups in total. The second kappa shape index (κ2) is 8.91. The van der Waals surface area contributed by atoms with E-state index in [-0.39, 0.29) is 11.7 Å². The first-order chi connectivity index (χ1) is 13.6. The molecular weight excluding hydrogens is 410 g/mol. The van der Waals surface area contributed by atoms with Crippen molar-refractivity contribution in [2.45, 2.75) is 26.5 Å². The maximum atomic E-state index is 14.1. The molecule has 9 heteroatoms. The van der Waals surface area contributed by atoms with Crippen molar-refractivity contribution in [2.24, 2.45) is 17.3 Å². The molecule has 1 fully saturated rings. The molecule has 0 radical (unpaired) electrons. The molecule has 2 atom stereocenters. The predicted octanol–water partition coefficient (Wildman–Crippen LogP) is 5.24. The molecule has 2 rings (SSSR count). The first-order valence-electron chi connectivity index (χ1n) is 8.58.